The molecule has 7 heteroatoms. The Kier molecular flexibility index (Phi) is 5.88. The molecule has 0 spiro atoms. The van der Waals surface area contributed by atoms with Crippen LogP contribution in [0.4, 0.5) is 5.69 Å². The van der Waals surface area contributed by atoms with Crippen molar-refractivity contribution in [3.63, 3.8) is 0 Å². The van der Waals surface area contributed by atoms with E-state index < -0.39 is 15.4 Å². The van der Waals surface area contributed by atoms with E-state index in [1.807, 2.05) is 24.3 Å². The predicted octanol–water partition coefficient (Wildman–Crippen LogP) is 3.19. The van der Waals surface area contributed by atoms with Gasteiger partial charge in [-0.1, -0.05) is 12.1 Å². The average molecular weight is 427 g/mol. The molecule has 4 rings (SSSR count). The number of hydrogen-bond acceptors (Lipinski definition) is 5. The van der Waals surface area contributed by atoms with Crippen LogP contribution in [0.15, 0.2) is 54.2 Å². The number of hydrogen-bond donors (Lipinski definition) is 0. The molecular formula is C23H26N2O4S. The first kappa shape index (κ1) is 20.9. The predicted molar refractivity (Wildman–Crippen MR) is 121 cm³/mol. The zero-order chi connectivity index (χ0) is 21.3. The fraction of sp³-hybridized carbons (Fsp3) is 0.348. The molecule has 0 aliphatic carbocycles. The van der Waals surface area contributed by atoms with Gasteiger partial charge in [-0.2, -0.15) is 0 Å². The number of methoxy groups -OCH3 is 1. The number of rotatable bonds is 6. The lowest BCUT2D eigenvalue weighted by molar-refractivity contribution is 0.105. The minimum atomic E-state index is -0.744. The Hall–Kier alpha value is -2.32. The topological polar surface area (TPSA) is 69.7 Å². The van der Waals surface area contributed by atoms with Gasteiger partial charge in [0.2, 0.25) is 0 Å². The number of hydroxylamine groups is 2. The quantitative estimate of drug-likeness (QED) is 0.403. The van der Waals surface area contributed by atoms with Crippen molar-refractivity contribution in [2.45, 2.75) is 6.92 Å². The van der Waals surface area contributed by atoms with Gasteiger partial charge in [0.1, 0.15) is 23.7 Å². The molecule has 0 N–H and O–H groups in total. The molecule has 2 aliphatic heterocycles. The summed E-state index contributed by atoms with van der Waals surface area (Å²) in [4.78, 5) is 15.6. The average Bonchev–Trinajstić information content (AvgIpc) is 3.00. The summed E-state index contributed by atoms with van der Waals surface area (Å²) in [6.07, 6.45) is 0. The molecule has 1 unspecified atom stereocenters. The Labute approximate surface area is 179 Å². The van der Waals surface area contributed by atoms with Crippen LogP contribution >= 0.6 is 0 Å². The zero-order valence-corrected chi connectivity index (χ0v) is 18.1. The molecule has 30 heavy (non-hydrogen) atoms. The third kappa shape index (κ3) is 3.74. The summed E-state index contributed by atoms with van der Waals surface area (Å²) in [6, 6.07) is 14.4. The monoisotopic (exact) mass is 426 g/mol. The fourth-order valence-corrected chi connectivity index (χ4v) is 5.33. The van der Waals surface area contributed by atoms with Gasteiger partial charge in [0.15, 0.2) is 5.78 Å². The van der Waals surface area contributed by atoms with E-state index in [9.17, 15) is 14.2 Å². The van der Waals surface area contributed by atoms with Crippen LogP contribution in [0.1, 0.15) is 22.8 Å². The van der Waals surface area contributed by atoms with E-state index in [4.69, 9.17) is 4.74 Å². The first-order valence-electron chi connectivity index (χ1n) is 10.1. The number of allylic oxidation sites excluding steroid dienone is 2. The van der Waals surface area contributed by atoms with Crippen molar-refractivity contribution >= 4 is 27.8 Å². The molecule has 2 heterocycles. The summed E-state index contributed by atoms with van der Waals surface area (Å²) in [7, 11) is 0.840. The molecule has 158 valence electrons. The molecule has 1 atom stereocenters. The van der Waals surface area contributed by atoms with Gasteiger partial charge >= 0.3 is 0 Å². The highest BCUT2D eigenvalue weighted by molar-refractivity contribution is 7.85. The molecule has 6 nitrogen and oxygen atoms in total. The van der Waals surface area contributed by atoms with Gasteiger partial charge in [-0.3, -0.25) is 18.5 Å². The van der Waals surface area contributed by atoms with Gasteiger partial charge in [-0.05, 0) is 30.3 Å². The minimum Gasteiger partial charge on any atom is -0.622 e. The molecule has 2 aromatic rings. The first-order chi connectivity index (χ1) is 14.4. The lowest BCUT2D eigenvalue weighted by atomic mass is 9.96. The molecule has 0 aromatic heterocycles. The summed E-state index contributed by atoms with van der Waals surface area (Å²) in [5.41, 5.74) is 2.88. The van der Waals surface area contributed by atoms with E-state index in [-0.39, 0.29) is 5.78 Å². The maximum Gasteiger partial charge on any atom is 0.199 e. The molecular weight excluding hydrogens is 400 g/mol. The lowest BCUT2D eigenvalue weighted by Gasteiger charge is -2.41. The van der Waals surface area contributed by atoms with Crippen molar-refractivity contribution in [3.8, 4) is 5.75 Å². The highest BCUT2D eigenvalue weighted by atomic mass is 32.2. The van der Waals surface area contributed by atoms with Crippen molar-refractivity contribution in [1.82, 2.24) is 9.55 Å². The maximum absolute atomic E-state index is 14.0. The van der Waals surface area contributed by atoms with Crippen molar-refractivity contribution < 1.29 is 13.7 Å². The van der Waals surface area contributed by atoms with E-state index in [1.165, 1.54) is 0 Å². The van der Waals surface area contributed by atoms with Crippen LogP contribution in [0.25, 0.3) is 5.57 Å². The van der Waals surface area contributed by atoms with Crippen LogP contribution in [0.5, 0.6) is 5.75 Å². The second-order valence-corrected chi connectivity index (χ2v) is 9.38. The lowest BCUT2D eigenvalue weighted by Crippen LogP contribution is -2.48. The van der Waals surface area contributed by atoms with Crippen LogP contribution in [0, 0.1) is 5.21 Å². The number of nitrogens with zero attached hydrogens (tertiary/aromatic N) is 2. The Morgan fingerprint density at radius 3 is 2.47 bits per heavy atom. The summed E-state index contributed by atoms with van der Waals surface area (Å²) >= 11 is 0. The molecule has 2 aromatic carbocycles. The summed E-state index contributed by atoms with van der Waals surface area (Å²) in [6.45, 7) is 4.20. The minimum absolute atomic E-state index is 0.146. The number of carbonyl (C=O) groups is 1. The van der Waals surface area contributed by atoms with Gasteiger partial charge in [0, 0.05) is 60.5 Å². The third-order valence-corrected chi connectivity index (χ3v) is 7.32. The van der Waals surface area contributed by atoms with Crippen LogP contribution in [0.3, 0.4) is 0 Å². The molecule has 1 fully saturated rings. The zero-order valence-electron chi connectivity index (χ0n) is 17.3. The van der Waals surface area contributed by atoms with Gasteiger partial charge in [0.25, 0.3) is 0 Å². The maximum atomic E-state index is 14.0. The molecule has 0 radical (unpaired) electrons. The van der Waals surface area contributed by atoms with E-state index in [2.05, 4.69) is 4.90 Å². The van der Waals surface area contributed by atoms with Crippen LogP contribution < -0.4 is 9.38 Å². The number of ether oxygens (including phenoxy) is 1. The van der Waals surface area contributed by atoms with Crippen LogP contribution in [-0.4, -0.2) is 59.7 Å². The van der Waals surface area contributed by atoms with Crippen LogP contribution in [0.2, 0.25) is 0 Å². The molecule has 2 aliphatic rings. The number of para-hydroxylation sites is 1. The van der Waals surface area contributed by atoms with Gasteiger partial charge in [-0.15, -0.1) is 0 Å². The Bertz CT molecular complexity index is 1010. The molecule has 0 amide bonds. The number of fused-ring (bicyclic) bond motifs is 1. The fourth-order valence-electron chi connectivity index (χ4n) is 4.20. The van der Waals surface area contributed by atoms with Crippen molar-refractivity contribution in [1.29, 1.82) is 0 Å². The van der Waals surface area contributed by atoms with Crippen molar-refractivity contribution in [2.24, 2.45) is 0 Å². The van der Waals surface area contributed by atoms with Crippen molar-refractivity contribution in [2.75, 3.05) is 44.8 Å². The second kappa shape index (κ2) is 8.43. The molecule has 0 saturated carbocycles. The van der Waals surface area contributed by atoms with Crippen molar-refractivity contribution in [3.05, 3.63) is 70.6 Å². The number of quaternary nitrogens is 1. The highest BCUT2D eigenvalue weighted by Gasteiger charge is 2.40. The Balaban J connectivity index is 1.64. The van der Waals surface area contributed by atoms with E-state index in [0.29, 0.717) is 58.4 Å². The third-order valence-electron chi connectivity index (χ3n) is 6.05. The normalized spacial score (nSPS) is 22.2. The number of benzene rings is 2. The molecule has 1 saturated heterocycles. The molecule has 0 bridgehead atoms. The standard InChI is InChI=1S/C23H26N2O4S/c1-17-22(23(26)18-7-9-19(29-2)10-8-18)20-5-3-4-6-21(20)25(17,27)14-11-24-12-15-30(28)16-13-24/h3-10H,11-16H2,1-2H3. The summed E-state index contributed by atoms with van der Waals surface area (Å²) < 4.78 is 16.2. The second-order valence-electron chi connectivity index (χ2n) is 7.69. The van der Waals surface area contributed by atoms with E-state index in [0.717, 1.165) is 13.1 Å². The van der Waals surface area contributed by atoms with E-state index in [1.54, 1.807) is 38.3 Å². The Morgan fingerprint density at radius 1 is 1.13 bits per heavy atom. The summed E-state index contributed by atoms with van der Waals surface area (Å²) in [5, 5.41) is 14.0. The van der Waals surface area contributed by atoms with Gasteiger partial charge < -0.3 is 9.94 Å². The highest BCUT2D eigenvalue weighted by Crippen LogP contribution is 2.45. The van der Waals surface area contributed by atoms with Gasteiger partial charge in [0.05, 0.1) is 18.2 Å². The van der Waals surface area contributed by atoms with E-state index >= 15 is 0 Å². The smallest absolute Gasteiger partial charge is 0.199 e. The first-order valence-corrected chi connectivity index (χ1v) is 11.6. The number of ketones is 1. The largest absolute Gasteiger partial charge is 0.622 e. The summed E-state index contributed by atoms with van der Waals surface area (Å²) in [5.74, 6) is 1.85. The van der Waals surface area contributed by atoms with Gasteiger partial charge in [-0.25, -0.2) is 0 Å². The Morgan fingerprint density at radius 2 is 1.80 bits per heavy atom. The number of carbonyl (C=O) groups excluding carboxylic acids is 1. The SMILES string of the molecule is COc1ccc(C(=O)C2=C(C)[N+]([O-])(CCN3CCS(=O)CC3)c3ccccc32)cc1. The number of Topliss-reactive ketones (excluding diaryl/α,β-unsaturated/α-hetero) is 1. The van der Waals surface area contributed by atoms with Crippen LogP contribution in [-0.2, 0) is 10.8 Å².